The topological polar surface area (TPSA) is 66.8 Å². The lowest BCUT2D eigenvalue weighted by Crippen LogP contribution is -2.30. The molecule has 1 fully saturated rings. The number of ether oxygens (including phenoxy) is 1. The lowest BCUT2D eigenvalue weighted by atomic mass is 9.96. The lowest BCUT2D eigenvalue weighted by Gasteiger charge is -2.23. The van der Waals surface area contributed by atoms with Gasteiger partial charge in [-0.3, -0.25) is 9.59 Å². The summed E-state index contributed by atoms with van der Waals surface area (Å²) in [4.78, 5) is 27.8. The van der Waals surface area contributed by atoms with Crippen LogP contribution in [0.4, 0.5) is 0 Å². The Kier molecular flexibility index (Phi) is 5.37. The number of likely N-dealkylation sites (tertiary alicyclic amines) is 1. The normalized spacial score (nSPS) is 19.0. The van der Waals surface area contributed by atoms with Gasteiger partial charge in [-0.15, -0.1) is 11.3 Å². The molecule has 1 amide bonds. The first kappa shape index (κ1) is 19.2. The van der Waals surface area contributed by atoms with Crippen LogP contribution in [0.15, 0.2) is 35.2 Å². The highest BCUT2D eigenvalue weighted by atomic mass is 32.1. The number of aliphatic hydroxyl groups is 1. The number of carbonyl (C=O) groups excluding carboxylic acids is 2. The number of aliphatic hydroxyl groups excluding tert-OH is 1. The molecule has 5 nitrogen and oxygen atoms in total. The predicted octanol–water partition coefficient (Wildman–Crippen LogP) is 4.21. The maximum absolute atomic E-state index is 12.8. The van der Waals surface area contributed by atoms with E-state index in [0.717, 1.165) is 22.4 Å². The van der Waals surface area contributed by atoms with Crippen molar-refractivity contribution >= 4 is 28.8 Å². The van der Waals surface area contributed by atoms with E-state index in [2.05, 4.69) is 0 Å². The number of Topliss-reactive ketones (excluding diaryl/α,β-unsaturated/α-hetero) is 1. The molecule has 3 rings (SSSR count). The molecule has 1 saturated heterocycles. The molecule has 1 aromatic carbocycles. The SMILES string of the molecule is CCCN1C(=O)C(=O)/C(=C(\O)c2cc(C)c(OC)cc2C)C1c1cccs1. The minimum atomic E-state index is -0.632. The van der Waals surface area contributed by atoms with Gasteiger partial charge in [0.25, 0.3) is 11.7 Å². The molecule has 2 aromatic rings. The molecule has 0 aliphatic carbocycles. The molecule has 1 N–H and O–H groups in total. The van der Waals surface area contributed by atoms with Crippen LogP contribution in [0, 0.1) is 13.8 Å². The second-order valence-corrected chi connectivity index (χ2v) is 7.62. The standard InChI is InChI=1S/C21H23NO4S/c1-5-8-22-18(16-7-6-9-27-16)17(20(24)21(22)25)19(23)14-10-13(3)15(26-4)11-12(14)2/h6-7,9-11,18,23H,5,8H2,1-4H3/b19-17-. The van der Waals surface area contributed by atoms with Crippen LogP contribution in [-0.4, -0.2) is 35.4 Å². The van der Waals surface area contributed by atoms with Gasteiger partial charge in [0, 0.05) is 17.0 Å². The molecule has 1 aliphatic rings. The van der Waals surface area contributed by atoms with Crippen molar-refractivity contribution in [2.45, 2.75) is 33.2 Å². The fourth-order valence-corrected chi connectivity index (χ4v) is 4.35. The number of carbonyl (C=O) groups is 2. The third-order valence-electron chi connectivity index (χ3n) is 4.81. The number of hydrogen-bond donors (Lipinski definition) is 1. The number of methoxy groups -OCH3 is 1. The summed E-state index contributed by atoms with van der Waals surface area (Å²) in [5.74, 6) is -0.606. The van der Waals surface area contributed by atoms with E-state index in [1.807, 2.05) is 44.4 Å². The van der Waals surface area contributed by atoms with Gasteiger partial charge in [-0.05, 0) is 55.0 Å². The van der Waals surface area contributed by atoms with Crippen molar-refractivity contribution in [2.75, 3.05) is 13.7 Å². The first-order valence-corrected chi connectivity index (χ1v) is 9.76. The van der Waals surface area contributed by atoms with Crippen LogP contribution in [-0.2, 0) is 9.59 Å². The van der Waals surface area contributed by atoms with Crippen LogP contribution in [0.2, 0.25) is 0 Å². The maximum atomic E-state index is 12.8. The van der Waals surface area contributed by atoms with Crippen LogP contribution in [0.5, 0.6) is 5.75 Å². The van der Waals surface area contributed by atoms with Gasteiger partial charge < -0.3 is 14.7 Å². The van der Waals surface area contributed by atoms with E-state index < -0.39 is 17.7 Å². The Morgan fingerprint density at radius 1 is 1.26 bits per heavy atom. The summed E-state index contributed by atoms with van der Waals surface area (Å²) in [5.41, 5.74) is 2.33. The summed E-state index contributed by atoms with van der Waals surface area (Å²) < 4.78 is 5.33. The molecule has 2 heterocycles. The largest absolute Gasteiger partial charge is 0.507 e. The van der Waals surface area contributed by atoms with Gasteiger partial charge in [0.2, 0.25) is 0 Å². The molecule has 1 aromatic heterocycles. The minimum Gasteiger partial charge on any atom is -0.507 e. The van der Waals surface area contributed by atoms with E-state index in [1.165, 1.54) is 11.3 Å². The molecule has 0 spiro atoms. The Morgan fingerprint density at radius 2 is 2.00 bits per heavy atom. The summed E-state index contributed by atoms with van der Waals surface area (Å²) in [6, 6.07) is 6.85. The van der Waals surface area contributed by atoms with Crippen LogP contribution < -0.4 is 4.74 Å². The molecule has 1 aliphatic heterocycles. The van der Waals surface area contributed by atoms with Gasteiger partial charge >= 0.3 is 0 Å². The third kappa shape index (κ3) is 3.25. The van der Waals surface area contributed by atoms with Crippen molar-refractivity contribution in [3.63, 3.8) is 0 Å². The van der Waals surface area contributed by atoms with E-state index >= 15 is 0 Å². The van der Waals surface area contributed by atoms with Crippen LogP contribution in [0.3, 0.4) is 0 Å². The molecule has 27 heavy (non-hydrogen) atoms. The van der Waals surface area contributed by atoms with Gasteiger partial charge in [0.1, 0.15) is 11.5 Å². The molecule has 0 saturated carbocycles. The number of aryl methyl sites for hydroxylation is 2. The predicted molar refractivity (Wildman–Crippen MR) is 106 cm³/mol. The van der Waals surface area contributed by atoms with Crippen molar-refractivity contribution in [1.82, 2.24) is 4.90 Å². The zero-order valence-electron chi connectivity index (χ0n) is 15.9. The smallest absolute Gasteiger partial charge is 0.295 e. The maximum Gasteiger partial charge on any atom is 0.295 e. The average molecular weight is 385 g/mol. The Labute approximate surface area is 162 Å². The zero-order chi connectivity index (χ0) is 19.7. The Morgan fingerprint density at radius 3 is 2.59 bits per heavy atom. The zero-order valence-corrected chi connectivity index (χ0v) is 16.7. The first-order chi connectivity index (χ1) is 12.9. The van der Waals surface area contributed by atoms with Crippen molar-refractivity contribution in [2.24, 2.45) is 0 Å². The highest BCUT2D eigenvalue weighted by molar-refractivity contribution is 7.10. The Bertz CT molecular complexity index is 915. The summed E-state index contributed by atoms with van der Waals surface area (Å²) in [5, 5.41) is 13.0. The highest BCUT2D eigenvalue weighted by Crippen LogP contribution is 2.42. The number of hydrogen-bond acceptors (Lipinski definition) is 5. The fraction of sp³-hybridized carbons (Fsp3) is 0.333. The van der Waals surface area contributed by atoms with Crippen LogP contribution in [0.25, 0.3) is 5.76 Å². The number of nitrogens with zero attached hydrogens (tertiary/aromatic N) is 1. The molecular weight excluding hydrogens is 362 g/mol. The number of ketones is 1. The second kappa shape index (κ2) is 7.56. The van der Waals surface area contributed by atoms with E-state index in [1.54, 1.807) is 18.1 Å². The fourth-order valence-electron chi connectivity index (χ4n) is 3.50. The molecule has 0 bridgehead atoms. The summed E-state index contributed by atoms with van der Waals surface area (Å²) >= 11 is 1.47. The number of rotatable bonds is 5. The van der Waals surface area contributed by atoms with Gasteiger partial charge in [0.05, 0.1) is 18.7 Å². The summed E-state index contributed by atoms with van der Waals surface area (Å²) in [7, 11) is 1.59. The Balaban J connectivity index is 2.21. The molecule has 1 atom stereocenters. The van der Waals surface area contributed by atoms with Crippen LogP contribution in [0.1, 0.15) is 41.0 Å². The van der Waals surface area contributed by atoms with E-state index in [0.29, 0.717) is 17.9 Å². The molecule has 1 unspecified atom stereocenters. The molecule has 6 heteroatoms. The van der Waals surface area contributed by atoms with Crippen LogP contribution >= 0.6 is 11.3 Å². The number of thiophene rings is 1. The molecule has 0 radical (unpaired) electrons. The quantitative estimate of drug-likeness (QED) is 0.476. The lowest BCUT2D eigenvalue weighted by molar-refractivity contribution is -0.139. The van der Waals surface area contributed by atoms with Gasteiger partial charge in [-0.2, -0.15) is 0 Å². The summed E-state index contributed by atoms with van der Waals surface area (Å²) in [6.07, 6.45) is 0.732. The monoisotopic (exact) mass is 385 g/mol. The third-order valence-corrected chi connectivity index (χ3v) is 5.74. The van der Waals surface area contributed by atoms with Crippen molar-refractivity contribution < 1.29 is 19.4 Å². The molecule has 142 valence electrons. The highest BCUT2D eigenvalue weighted by Gasteiger charge is 2.46. The number of amides is 1. The van der Waals surface area contributed by atoms with E-state index in [9.17, 15) is 14.7 Å². The second-order valence-electron chi connectivity index (χ2n) is 6.64. The summed E-state index contributed by atoms with van der Waals surface area (Å²) in [6.45, 7) is 6.15. The van der Waals surface area contributed by atoms with Gasteiger partial charge in [0.15, 0.2) is 0 Å². The molecular formula is C21H23NO4S. The minimum absolute atomic E-state index is 0.131. The number of benzene rings is 1. The van der Waals surface area contributed by atoms with E-state index in [-0.39, 0.29) is 11.3 Å². The average Bonchev–Trinajstić information content (AvgIpc) is 3.25. The van der Waals surface area contributed by atoms with Crippen molar-refractivity contribution in [3.8, 4) is 5.75 Å². The van der Waals surface area contributed by atoms with Gasteiger partial charge in [-0.25, -0.2) is 0 Å². The van der Waals surface area contributed by atoms with Crippen molar-refractivity contribution in [1.29, 1.82) is 0 Å². The first-order valence-electron chi connectivity index (χ1n) is 8.88. The van der Waals surface area contributed by atoms with Crippen molar-refractivity contribution in [3.05, 3.63) is 56.8 Å². The van der Waals surface area contributed by atoms with Gasteiger partial charge in [-0.1, -0.05) is 13.0 Å². The Hall–Kier alpha value is -2.60. The van der Waals surface area contributed by atoms with E-state index in [4.69, 9.17) is 4.74 Å².